The van der Waals surface area contributed by atoms with Gasteiger partial charge in [0.15, 0.2) is 0 Å². The maximum absolute atomic E-state index is 13.4. The lowest BCUT2D eigenvalue weighted by molar-refractivity contribution is -0.138. The van der Waals surface area contributed by atoms with Crippen molar-refractivity contribution in [1.82, 2.24) is 14.8 Å². The molecular weight excluding hydrogens is 393 g/mol. The number of aromatic nitrogens is 3. The Balaban J connectivity index is 1.48. The van der Waals surface area contributed by atoms with E-state index >= 15 is 0 Å². The van der Waals surface area contributed by atoms with Gasteiger partial charge < -0.3 is 10.1 Å². The van der Waals surface area contributed by atoms with Gasteiger partial charge >= 0.3 is 6.18 Å². The van der Waals surface area contributed by atoms with Crippen LogP contribution in [0.5, 0.6) is 0 Å². The van der Waals surface area contributed by atoms with Crippen LogP contribution in [0.25, 0.3) is 0 Å². The Morgan fingerprint density at radius 3 is 2.83 bits per heavy atom. The summed E-state index contributed by atoms with van der Waals surface area (Å²) in [5, 5.41) is 7.69. The summed E-state index contributed by atoms with van der Waals surface area (Å²) >= 11 is 0. The molecular formula is C22H23F3N4O. The summed E-state index contributed by atoms with van der Waals surface area (Å²) in [6, 6.07) is 4.07. The zero-order valence-corrected chi connectivity index (χ0v) is 16.3. The van der Waals surface area contributed by atoms with Gasteiger partial charge in [-0.1, -0.05) is 24.3 Å². The molecule has 0 radical (unpaired) electrons. The van der Waals surface area contributed by atoms with E-state index in [1.807, 2.05) is 12.2 Å². The number of alkyl halides is 3. The lowest BCUT2D eigenvalue weighted by Gasteiger charge is -2.47. The van der Waals surface area contributed by atoms with E-state index < -0.39 is 11.7 Å². The molecule has 5 atom stereocenters. The van der Waals surface area contributed by atoms with Crippen molar-refractivity contribution in [3.63, 3.8) is 0 Å². The molecule has 1 unspecified atom stereocenters. The van der Waals surface area contributed by atoms with Crippen molar-refractivity contribution in [2.75, 3.05) is 5.32 Å². The van der Waals surface area contributed by atoms with Gasteiger partial charge in [-0.3, -0.25) is 4.68 Å². The van der Waals surface area contributed by atoms with Gasteiger partial charge in [0.1, 0.15) is 12.7 Å². The van der Waals surface area contributed by atoms with E-state index in [0.29, 0.717) is 12.1 Å². The van der Waals surface area contributed by atoms with Crippen molar-refractivity contribution in [2.45, 2.75) is 50.2 Å². The van der Waals surface area contributed by atoms with Gasteiger partial charge in [0.05, 0.1) is 24.3 Å². The van der Waals surface area contributed by atoms with Crippen LogP contribution < -0.4 is 5.32 Å². The van der Waals surface area contributed by atoms with Gasteiger partial charge in [0.25, 0.3) is 0 Å². The Hall–Kier alpha value is -2.61. The summed E-state index contributed by atoms with van der Waals surface area (Å²) in [5.41, 5.74) is 0.700. The molecule has 5 rings (SSSR count). The lowest BCUT2D eigenvalue weighted by atomic mass is 9.73. The summed E-state index contributed by atoms with van der Waals surface area (Å²) in [6.45, 7) is 0.543. The number of nitrogens with zero attached hydrogens (tertiary/aromatic N) is 3. The molecule has 30 heavy (non-hydrogen) atoms. The molecule has 1 aromatic carbocycles. The van der Waals surface area contributed by atoms with Crippen molar-refractivity contribution in [3.05, 3.63) is 66.3 Å². The third-order valence-electron chi connectivity index (χ3n) is 6.35. The lowest BCUT2D eigenvalue weighted by Crippen LogP contribution is -2.47. The Morgan fingerprint density at radius 1 is 1.20 bits per heavy atom. The molecule has 158 valence electrons. The number of hydrogen-bond acceptors (Lipinski definition) is 4. The molecule has 0 bridgehead atoms. The highest BCUT2D eigenvalue weighted by molar-refractivity contribution is 5.58. The molecule has 0 amide bonds. The number of anilines is 1. The Morgan fingerprint density at radius 2 is 2.10 bits per heavy atom. The zero-order chi connectivity index (χ0) is 20.7. The number of rotatable bonds is 3. The number of fused-ring (bicyclic) bond motifs is 3. The quantitative estimate of drug-likeness (QED) is 0.784. The second kappa shape index (κ2) is 7.58. The van der Waals surface area contributed by atoms with Crippen molar-refractivity contribution in [2.24, 2.45) is 11.8 Å². The Labute approximate surface area is 172 Å². The summed E-state index contributed by atoms with van der Waals surface area (Å²) in [4.78, 5) is 3.96. The van der Waals surface area contributed by atoms with Gasteiger partial charge in [-0.05, 0) is 37.5 Å². The minimum atomic E-state index is -4.38. The summed E-state index contributed by atoms with van der Waals surface area (Å²) in [6.07, 6.45) is 9.26. The molecule has 3 aliphatic rings. The average molecular weight is 416 g/mol. The first-order valence-electron chi connectivity index (χ1n) is 10.3. The second-order valence-electron chi connectivity index (χ2n) is 8.22. The number of halogens is 3. The van der Waals surface area contributed by atoms with Crippen LogP contribution in [0.15, 0.2) is 55.2 Å². The van der Waals surface area contributed by atoms with Gasteiger partial charge in [0.2, 0.25) is 0 Å². The number of benzene rings is 1. The van der Waals surface area contributed by atoms with E-state index in [1.165, 1.54) is 12.4 Å². The minimum Gasteiger partial charge on any atom is -0.381 e. The Bertz CT molecular complexity index is 954. The minimum absolute atomic E-state index is 0.106. The largest absolute Gasteiger partial charge is 0.416 e. The molecule has 1 aliphatic carbocycles. The second-order valence-corrected chi connectivity index (χ2v) is 8.22. The van der Waals surface area contributed by atoms with Crippen molar-refractivity contribution in [1.29, 1.82) is 0 Å². The fourth-order valence-corrected chi connectivity index (χ4v) is 4.93. The average Bonchev–Trinajstić information content (AvgIpc) is 3.26. The maximum Gasteiger partial charge on any atom is 0.416 e. The summed E-state index contributed by atoms with van der Waals surface area (Å²) in [5.74, 6) is 0.391. The molecule has 0 spiro atoms. The molecule has 0 saturated carbocycles. The number of ether oxygens (including phenoxy) is 1. The van der Waals surface area contributed by atoms with Crippen LogP contribution in [-0.4, -0.2) is 26.9 Å². The van der Waals surface area contributed by atoms with Crippen LogP contribution in [0.3, 0.4) is 0 Å². The van der Waals surface area contributed by atoms with Crippen molar-refractivity contribution < 1.29 is 17.9 Å². The fraction of sp³-hybridized carbons (Fsp3) is 0.455. The van der Waals surface area contributed by atoms with E-state index in [0.717, 1.165) is 31.0 Å². The van der Waals surface area contributed by atoms with E-state index in [1.54, 1.807) is 17.1 Å². The van der Waals surface area contributed by atoms with Crippen molar-refractivity contribution >= 4 is 5.69 Å². The predicted molar refractivity (Wildman–Crippen MR) is 106 cm³/mol. The van der Waals surface area contributed by atoms with Crippen molar-refractivity contribution in [3.8, 4) is 0 Å². The van der Waals surface area contributed by atoms with Gasteiger partial charge in [0, 0.05) is 29.1 Å². The first-order chi connectivity index (χ1) is 14.5. The SMILES string of the molecule is FC(F)(F)c1ccc2c(c1)[C@H]1O[C@@H](Cn3cncn3)CC[C@H]1[C@H](C1C=CC=CC1)N2. The maximum atomic E-state index is 13.4. The Kier molecular flexibility index (Phi) is 4.89. The third kappa shape index (κ3) is 3.64. The van der Waals surface area contributed by atoms with Gasteiger partial charge in [-0.25, -0.2) is 4.98 Å². The normalized spacial score (nSPS) is 30.4. The van der Waals surface area contributed by atoms with E-state index in [2.05, 4.69) is 27.6 Å². The van der Waals surface area contributed by atoms with E-state index in [4.69, 9.17) is 4.74 Å². The predicted octanol–water partition coefficient (Wildman–Crippen LogP) is 4.76. The topological polar surface area (TPSA) is 52.0 Å². The zero-order valence-electron chi connectivity index (χ0n) is 16.3. The summed E-state index contributed by atoms with van der Waals surface area (Å²) in [7, 11) is 0. The highest BCUT2D eigenvalue weighted by Gasteiger charge is 2.45. The third-order valence-corrected chi connectivity index (χ3v) is 6.35. The fourth-order valence-electron chi connectivity index (χ4n) is 4.93. The summed E-state index contributed by atoms with van der Waals surface area (Å²) < 4.78 is 48.3. The van der Waals surface area contributed by atoms with Gasteiger partial charge in [-0.15, -0.1) is 0 Å². The molecule has 2 aromatic rings. The van der Waals surface area contributed by atoms with Gasteiger partial charge in [-0.2, -0.15) is 18.3 Å². The highest BCUT2D eigenvalue weighted by atomic mass is 19.4. The molecule has 5 nitrogen and oxygen atoms in total. The van der Waals surface area contributed by atoms with Crippen LogP contribution in [-0.2, 0) is 17.5 Å². The van der Waals surface area contributed by atoms with E-state index in [-0.39, 0.29) is 30.1 Å². The number of allylic oxidation sites excluding steroid dienone is 3. The molecule has 1 fully saturated rings. The first kappa shape index (κ1) is 19.4. The van der Waals surface area contributed by atoms with Crippen LogP contribution >= 0.6 is 0 Å². The molecule has 8 heteroatoms. The van der Waals surface area contributed by atoms with Crippen LogP contribution in [0.4, 0.5) is 18.9 Å². The number of hydrogen-bond donors (Lipinski definition) is 1. The molecule has 3 heterocycles. The van der Waals surface area contributed by atoms with Crippen LogP contribution in [0.2, 0.25) is 0 Å². The molecule has 1 saturated heterocycles. The molecule has 2 aliphatic heterocycles. The highest BCUT2D eigenvalue weighted by Crippen LogP contribution is 2.49. The first-order valence-corrected chi connectivity index (χ1v) is 10.3. The molecule has 1 aromatic heterocycles. The van der Waals surface area contributed by atoms with Crippen LogP contribution in [0, 0.1) is 11.8 Å². The van der Waals surface area contributed by atoms with Crippen LogP contribution in [0.1, 0.15) is 36.5 Å². The standard InChI is InChI=1S/C22H23F3N4O/c23-22(24,25)15-6-9-19-18(10-15)21-17(20(28-19)14-4-2-1-3-5-14)8-7-16(30-21)11-29-13-26-12-27-29/h1-4,6,9-10,12-14,16-17,20-21,28H,5,7-8,11H2/t14?,16-,17+,20+,21+/m1/s1. The monoisotopic (exact) mass is 416 g/mol. The smallest absolute Gasteiger partial charge is 0.381 e. The van der Waals surface area contributed by atoms with E-state index in [9.17, 15) is 13.2 Å². The number of nitrogens with one attached hydrogen (secondary N) is 1. The molecule has 1 N–H and O–H groups in total.